The van der Waals surface area contributed by atoms with E-state index < -0.39 is 24.4 Å². The summed E-state index contributed by atoms with van der Waals surface area (Å²) in [4.78, 5) is 10.9. The molecule has 1 fully saturated rings. The highest BCUT2D eigenvalue weighted by molar-refractivity contribution is 5.79. The molecule has 2 rings (SSSR count). The normalized spacial score (nSPS) is 20.2. The first-order chi connectivity index (χ1) is 9.96. The first kappa shape index (κ1) is 15.5. The Morgan fingerprint density at radius 3 is 2.71 bits per heavy atom. The zero-order valence-corrected chi connectivity index (χ0v) is 11.8. The van der Waals surface area contributed by atoms with Gasteiger partial charge >= 0.3 is 11.9 Å². The van der Waals surface area contributed by atoms with E-state index >= 15 is 0 Å². The lowest BCUT2D eigenvalue weighted by molar-refractivity contribution is -0.159. The third-order valence-corrected chi connectivity index (χ3v) is 3.24. The van der Waals surface area contributed by atoms with Crippen LogP contribution in [-0.4, -0.2) is 38.8 Å². The molecule has 1 saturated heterocycles. The molecule has 5 nitrogen and oxygen atoms in total. The van der Waals surface area contributed by atoms with Gasteiger partial charge in [-0.05, 0) is 6.07 Å². The molecule has 21 heavy (non-hydrogen) atoms. The van der Waals surface area contributed by atoms with Gasteiger partial charge in [-0.2, -0.15) is 8.78 Å². The maximum atomic E-state index is 13.0. The number of halogens is 2. The van der Waals surface area contributed by atoms with E-state index in [1.807, 2.05) is 6.07 Å². The van der Waals surface area contributed by atoms with E-state index in [0.29, 0.717) is 18.0 Å². The van der Waals surface area contributed by atoms with Crippen molar-refractivity contribution in [3.8, 4) is 11.5 Å². The number of carbonyl (C=O) groups is 1. The second kappa shape index (κ2) is 6.26. The summed E-state index contributed by atoms with van der Waals surface area (Å²) in [5.74, 6) is -3.52. The van der Waals surface area contributed by atoms with E-state index in [-0.39, 0.29) is 6.54 Å². The molecule has 0 amide bonds. The van der Waals surface area contributed by atoms with Gasteiger partial charge in [0.1, 0.15) is 17.6 Å². The van der Waals surface area contributed by atoms with Crippen molar-refractivity contribution in [2.75, 3.05) is 20.8 Å². The van der Waals surface area contributed by atoms with Gasteiger partial charge < -0.3 is 19.5 Å². The van der Waals surface area contributed by atoms with Crippen LogP contribution in [0.5, 0.6) is 11.5 Å². The molecule has 1 atom stereocenters. The van der Waals surface area contributed by atoms with Crippen LogP contribution in [0.1, 0.15) is 12.0 Å². The van der Waals surface area contributed by atoms with E-state index in [0.717, 1.165) is 5.56 Å². The lowest BCUT2D eigenvalue weighted by Crippen LogP contribution is -2.27. The van der Waals surface area contributed by atoms with Gasteiger partial charge in [-0.3, -0.25) is 0 Å². The third-order valence-electron chi connectivity index (χ3n) is 3.24. The van der Waals surface area contributed by atoms with Crippen molar-refractivity contribution in [2.24, 2.45) is 0 Å². The Balaban J connectivity index is 1.88. The number of esters is 1. The van der Waals surface area contributed by atoms with Crippen LogP contribution in [0.25, 0.3) is 0 Å². The Labute approximate surface area is 121 Å². The zero-order valence-electron chi connectivity index (χ0n) is 11.8. The van der Waals surface area contributed by atoms with Gasteiger partial charge in [-0.1, -0.05) is 6.07 Å². The Hall–Kier alpha value is -1.89. The lowest BCUT2D eigenvalue weighted by atomic mass is 10.1. The number of nitrogens with one attached hydrogen (secondary N) is 1. The van der Waals surface area contributed by atoms with Crippen LogP contribution in [-0.2, 0) is 16.1 Å². The summed E-state index contributed by atoms with van der Waals surface area (Å²) in [5, 5.41) is 2.98. The number of methoxy groups -OCH3 is 2. The van der Waals surface area contributed by atoms with Crippen LogP contribution in [0.2, 0.25) is 0 Å². The molecule has 0 saturated carbocycles. The Morgan fingerprint density at radius 1 is 1.38 bits per heavy atom. The van der Waals surface area contributed by atoms with E-state index in [9.17, 15) is 13.6 Å². The van der Waals surface area contributed by atoms with Crippen LogP contribution in [0.3, 0.4) is 0 Å². The van der Waals surface area contributed by atoms with E-state index in [1.165, 1.54) is 7.11 Å². The van der Waals surface area contributed by atoms with Gasteiger partial charge in [0.2, 0.25) is 0 Å². The molecule has 1 N–H and O–H groups in total. The minimum atomic E-state index is -3.37. The van der Waals surface area contributed by atoms with Crippen molar-refractivity contribution in [1.82, 2.24) is 5.32 Å². The second-order valence-corrected chi connectivity index (χ2v) is 4.74. The topological polar surface area (TPSA) is 56.8 Å². The maximum Gasteiger partial charge on any atom is 0.377 e. The summed E-state index contributed by atoms with van der Waals surface area (Å²) in [6, 6.07) is 5.34. The highest BCUT2D eigenvalue weighted by Crippen LogP contribution is 2.30. The summed E-state index contributed by atoms with van der Waals surface area (Å²) < 4.78 is 40.9. The van der Waals surface area contributed by atoms with Crippen LogP contribution < -0.4 is 14.8 Å². The summed E-state index contributed by atoms with van der Waals surface area (Å²) in [6.07, 6.45) is -1.39. The number of hydrogen-bond donors (Lipinski definition) is 1. The molecule has 7 heteroatoms. The molecule has 0 bridgehead atoms. The molecule has 0 aromatic heterocycles. The minimum Gasteiger partial charge on any atom is -0.497 e. The van der Waals surface area contributed by atoms with E-state index in [2.05, 4.69) is 10.1 Å². The highest BCUT2D eigenvalue weighted by Gasteiger charge is 2.50. The van der Waals surface area contributed by atoms with Crippen molar-refractivity contribution >= 4 is 5.97 Å². The summed E-state index contributed by atoms with van der Waals surface area (Å²) in [6.45, 7) is 0.573. The van der Waals surface area contributed by atoms with Gasteiger partial charge in [0.15, 0.2) is 0 Å². The molecule has 116 valence electrons. The molecule has 0 radical (unpaired) electrons. The number of ether oxygens (including phenoxy) is 3. The second-order valence-electron chi connectivity index (χ2n) is 4.74. The smallest absolute Gasteiger partial charge is 0.377 e. The fourth-order valence-electron chi connectivity index (χ4n) is 2.13. The average Bonchev–Trinajstić information content (AvgIpc) is 2.72. The Bertz CT molecular complexity index is 522. The highest BCUT2D eigenvalue weighted by atomic mass is 19.3. The van der Waals surface area contributed by atoms with Crippen LogP contribution in [0, 0.1) is 0 Å². The molecular formula is C14H17F2NO4. The van der Waals surface area contributed by atoms with Crippen LogP contribution in [0.4, 0.5) is 8.78 Å². The number of cyclic esters (lactones) is 1. The maximum absolute atomic E-state index is 13.0. The summed E-state index contributed by atoms with van der Waals surface area (Å²) in [5.41, 5.74) is 0.856. The lowest BCUT2D eigenvalue weighted by Gasteiger charge is -2.13. The fraction of sp³-hybridized carbons (Fsp3) is 0.500. The van der Waals surface area contributed by atoms with Gasteiger partial charge in [0.25, 0.3) is 0 Å². The molecule has 0 aliphatic carbocycles. The van der Waals surface area contributed by atoms with Gasteiger partial charge in [0.05, 0.1) is 20.6 Å². The number of hydrogen-bond acceptors (Lipinski definition) is 5. The van der Waals surface area contributed by atoms with E-state index in [4.69, 9.17) is 9.47 Å². The molecule has 1 aromatic carbocycles. The molecule has 1 aliphatic rings. The molecule has 1 heterocycles. The largest absolute Gasteiger partial charge is 0.497 e. The average molecular weight is 301 g/mol. The molecule has 0 spiro atoms. The van der Waals surface area contributed by atoms with Crippen molar-refractivity contribution in [3.63, 3.8) is 0 Å². The van der Waals surface area contributed by atoms with Crippen LogP contribution in [0.15, 0.2) is 18.2 Å². The molecule has 1 aromatic rings. The Kier molecular flexibility index (Phi) is 4.62. The molecular weight excluding hydrogens is 284 g/mol. The summed E-state index contributed by atoms with van der Waals surface area (Å²) in [7, 11) is 3.10. The molecule has 1 unspecified atom stereocenters. The van der Waals surface area contributed by atoms with Gasteiger partial charge in [-0.25, -0.2) is 4.79 Å². The van der Waals surface area contributed by atoms with Crippen molar-refractivity contribution in [2.45, 2.75) is 25.0 Å². The predicted molar refractivity (Wildman–Crippen MR) is 70.7 cm³/mol. The zero-order chi connectivity index (χ0) is 15.5. The first-order valence-electron chi connectivity index (χ1n) is 6.47. The van der Waals surface area contributed by atoms with Crippen molar-refractivity contribution in [3.05, 3.63) is 23.8 Å². The minimum absolute atomic E-state index is 0.163. The van der Waals surface area contributed by atoms with Crippen molar-refractivity contribution < 1.29 is 27.8 Å². The number of alkyl halides is 2. The predicted octanol–water partition coefficient (Wildman–Crippen LogP) is 1.74. The van der Waals surface area contributed by atoms with Crippen molar-refractivity contribution in [1.29, 1.82) is 0 Å². The monoisotopic (exact) mass is 301 g/mol. The van der Waals surface area contributed by atoms with Gasteiger partial charge in [-0.15, -0.1) is 0 Å². The third kappa shape index (κ3) is 3.60. The SMILES string of the molecule is COc1ccc(CNCC2CC(F)(F)C(=O)O2)c(OC)c1. The number of rotatable bonds is 6. The fourth-order valence-corrected chi connectivity index (χ4v) is 2.13. The first-order valence-corrected chi connectivity index (χ1v) is 6.47. The Morgan fingerprint density at radius 2 is 2.14 bits per heavy atom. The number of carbonyl (C=O) groups excluding carboxylic acids is 1. The van der Waals surface area contributed by atoms with Crippen LogP contribution >= 0.6 is 0 Å². The quantitative estimate of drug-likeness (QED) is 0.811. The number of benzene rings is 1. The molecule has 1 aliphatic heterocycles. The summed E-state index contributed by atoms with van der Waals surface area (Å²) >= 11 is 0. The van der Waals surface area contributed by atoms with E-state index in [1.54, 1.807) is 19.2 Å². The standard InChI is InChI=1S/C14H17F2NO4/c1-19-10-4-3-9(12(5-10)20-2)7-17-8-11-6-14(15,16)13(18)21-11/h3-5,11,17H,6-8H2,1-2H3. The van der Waals surface area contributed by atoms with Gasteiger partial charge in [0, 0.05) is 24.7 Å².